The standard InChI is InChI=1S/C61H103NO3/c1-3-5-7-9-11-13-15-17-19-21-23-25-26-27-28-29-30-31-32-33-34-35-36-37-39-41-43-45-47-49-51-53-55-57-61(65)62-59(58-63)60(64)56-54-52-50-48-46-44-42-40-38-24-22-20-18-16-14-12-10-8-6-4-2/h5,7,11,13,17,19,23,25,27-28,30-31,33-34,36-37,41,43,54,56,59-60,63-64H,3-4,6,8-10,12,14-16,18,20-22,24,26,29,32,35,38-40,42,44-53,55,57-58H2,1-2H3,(H,62,65)/b7-5-,13-11-,19-17-,25-23-,28-27-,31-30-,34-33-,37-36-,43-41-,56-54+. The van der Waals surface area contributed by atoms with Gasteiger partial charge in [-0.1, -0.05) is 264 Å². The first-order valence-corrected chi connectivity index (χ1v) is 27.2. The van der Waals surface area contributed by atoms with Gasteiger partial charge in [-0.2, -0.15) is 0 Å². The van der Waals surface area contributed by atoms with Crippen LogP contribution in [0.3, 0.4) is 0 Å². The van der Waals surface area contributed by atoms with Crippen molar-refractivity contribution in [3.05, 3.63) is 122 Å². The minimum Gasteiger partial charge on any atom is -0.394 e. The number of allylic oxidation sites excluding steroid dienone is 19. The lowest BCUT2D eigenvalue weighted by molar-refractivity contribution is -0.123. The molecule has 0 aromatic rings. The Morgan fingerprint density at radius 2 is 0.677 bits per heavy atom. The number of unbranched alkanes of at least 4 members (excludes halogenated alkanes) is 23. The largest absolute Gasteiger partial charge is 0.394 e. The SMILES string of the molecule is CC/C=C\C/C=C\C/C=C\C/C=C\C/C=C\C/C=C\C/C=C\C/C=C\C/C=C\CCCCCCCC(=O)NC(CO)C(O)/C=C/CCCCCCCCCCCCCCCCCCCC. The molecule has 0 rings (SSSR count). The highest BCUT2D eigenvalue weighted by atomic mass is 16.3. The normalized spacial score (nSPS) is 13.8. The Morgan fingerprint density at radius 1 is 0.385 bits per heavy atom. The highest BCUT2D eigenvalue weighted by molar-refractivity contribution is 5.76. The maximum absolute atomic E-state index is 12.5. The van der Waals surface area contributed by atoms with E-state index in [1.165, 1.54) is 122 Å². The number of nitrogens with one attached hydrogen (secondary N) is 1. The second-order valence-electron chi connectivity index (χ2n) is 17.9. The molecule has 0 saturated heterocycles. The smallest absolute Gasteiger partial charge is 0.220 e. The molecule has 0 aliphatic carbocycles. The summed E-state index contributed by atoms with van der Waals surface area (Å²) in [6.07, 6.45) is 84.8. The molecule has 0 bridgehead atoms. The summed E-state index contributed by atoms with van der Waals surface area (Å²) in [5.41, 5.74) is 0. The first kappa shape index (κ1) is 61.8. The van der Waals surface area contributed by atoms with Crippen molar-refractivity contribution >= 4 is 5.91 Å². The van der Waals surface area contributed by atoms with Gasteiger partial charge < -0.3 is 15.5 Å². The van der Waals surface area contributed by atoms with Gasteiger partial charge in [-0.15, -0.1) is 0 Å². The molecule has 2 unspecified atom stereocenters. The van der Waals surface area contributed by atoms with Crippen LogP contribution in [0.4, 0.5) is 0 Å². The van der Waals surface area contributed by atoms with Gasteiger partial charge in [-0.25, -0.2) is 0 Å². The van der Waals surface area contributed by atoms with Crippen LogP contribution < -0.4 is 5.32 Å². The highest BCUT2D eigenvalue weighted by Crippen LogP contribution is 2.15. The van der Waals surface area contributed by atoms with E-state index in [9.17, 15) is 15.0 Å². The van der Waals surface area contributed by atoms with E-state index >= 15 is 0 Å². The lowest BCUT2D eigenvalue weighted by Gasteiger charge is -2.20. The van der Waals surface area contributed by atoms with E-state index in [1.807, 2.05) is 6.08 Å². The number of amides is 1. The summed E-state index contributed by atoms with van der Waals surface area (Å²) in [5, 5.41) is 23.1. The van der Waals surface area contributed by atoms with Gasteiger partial charge in [-0.3, -0.25) is 4.79 Å². The second kappa shape index (κ2) is 55.1. The molecule has 0 spiro atoms. The summed E-state index contributed by atoms with van der Waals surface area (Å²) < 4.78 is 0. The molecule has 0 aliphatic rings. The summed E-state index contributed by atoms with van der Waals surface area (Å²) in [7, 11) is 0. The van der Waals surface area contributed by atoms with E-state index in [-0.39, 0.29) is 12.5 Å². The van der Waals surface area contributed by atoms with Crippen LogP contribution in [0.25, 0.3) is 0 Å². The van der Waals surface area contributed by atoms with Crippen molar-refractivity contribution < 1.29 is 15.0 Å². The molecule has 4 nitrogen and oxygen atoms in total. The third-order valence-corrected chi connectivity index (χ3v) is 11.7. The van der Waals surface area contributed by atoms with Gasteiger partial charge in [0.1, 0.15) is 0 Å². The Balaban J connectivity index is 3.67. The van der Waals surface area contributed by atoms with Gasteiger partial charge in [-0.05, 0) is 89.9 Å². The van der Waals surface area contributed by atoms with Gasteiger partial charge in [0.25, 0.3) is 0 Å². The van der Waals surface area contributed by atoms with Crippen molar-refractivity contribution in [3.63, 3.8) is 0 Å². The minimum atomic E-state index is -0.857. The van der Waals surface area contributed by atoms with Gasteiger partial charge >= 0.3 is 0 Å². The van der Waals surface area contributed by atoms with E-state index in [0.717, 1.165) is 96.3 Å². The summed E-state index contributed by atoms with van der Waals surface area (Å²) in [5.74, 6) is -0.0867. The molecule has 0 heterocycles. The van der Waals surface area contributed by atoms with Crippen molar-refractivity contribution in [2.24, 2.45) is 0 Å². The van der Waals surface area contributed by atoms with Gasteiger partial charge in [0.2, 0.25) is 5.91 Å². The molecule has 0 aromatic heterocycles. The predicted octanol–water partition coefficient (Wildman–Crippen LogP) is 18.1. The number of aliphatic hydroxyl groups excluding tert-OH is 2. The first-order chi connectivity index (χ1) is 32.2. The molecular formula is C61H103NO3. The number of rotatable bonds is 48. The Bertz CT molecular complexity index is 1290. The molecule has 4 heteroatoms. The predicted molar refractivity (Wildman–Crippen MR) is 289 cm³/mol. The Labute approximate surface area is 403 Å². The second-order valence-corrected chi connectivity index (χ2v) is 17.9. The van der Waals surface area contributed by atoms with Gasteiger partial charge in [0, 0.05) is 6.42 Å². The summed E-state index contributed by atoms with van der Waals surface area (Å²) in [6.45, 7) is 4.19. The quantitative estimate of drug-likeness (QED) is 0.0421. The van der Waals surface area contributed by atoms with Crippen molar-refractivity contribution in [2.75, 3.05) is 6.61 Å². The van der Waals surface area contributed by atoms with Crippen LogP contribution in [0.15, 0.2) is 122 Å². The van der Waals surface area contributed by atoms with Crippen molar-refractivity contribution in [1.82, 2.24) is 5.32 Å². The van der Waals surface area contributed by atoms with Crippen LogP contribution in [0, 0.1) is 0 Å². The Morgan fingerprint density at radius 3 is 1.02 bits per heavy atom. The van der Waals surface area contributed by atoms with Crippen LogP contribution in [-0.2, 0) is 4.79 Å². The number of carbonyl (C=O) groups excluding carboxylic acids is 1. The van der Waals surface area contributed by atoms with Crippen molar-refractivity contribution in [1.29, 1.82) is 0 Å². The molecule has 3 N–H and O–H groups in total. The fourth-order valence-corrected chi connectivity index (χ4v) is 7.58. The lowest BCUT2D eigenvalue weighted by atomic mass is 10.0. The molecule has 2 atom stereocenters. The van der Waals surface area contributed by atoms with Gasteiger partial charge in [0.05, 0.1) is 18.8 Å². The van der Waals surface area contributed by atoms with E-state index in [1.54, 1.807) is 6.08 Å². The van der Waals surface area contributed by atoms with Crippen LogP contribution in [0.2, 0.25) is 0 Å². The third kappa shape index (κ3) is 51.6. The molecule has 65 heavy (non-hydrogen) atoms. The molecule has 0 aliphatic heterocycles. The number of carbonyl (C=O) groups is 1. The van der Waals surface area contributed by atoms with E-state index in [0.29, 0.717) is 6.42 Å². The third-order valence-electron chi connectivity index (χ3n) is 11.7. The fourth-order valence-electron chi connectivity index (χ4n) is 7.58. The van der Waals surface area contributed by atoms with Crippen LogP contribution >= 0.6 is 0 Å². The average molecular weight is 898 g/mol. The summed E-state index contributed by atoms with van der Waals surface area (Å²) in [4.78, 5) is 12.5. The summed E-state index contributed by atoms with van der Waals surface area (Å²) >= 11 is 0. The maximum atomic E-state index is 12.5. The zero-order chi connectivity index (χ0) is 47.0. The highest BCUT2D eigenvalue weighted by Gasteiger charge is 2.18. The lowest BCUT2D eigenvalue weighted by Crippen LogP contribution is -2.45. The molecular weight excluding hydrogens is 795 g/mol. The van der Waals surface area contributed by atoms with Crippen molar-refractivity contribution in [2.45, 2.75) is 251 Å². The van der Waals surface area contributed by atoms with Gasteiger partial charge in [0.15, 0.2) is 0 Å². The fraction of sp³-hybridized carbons (Fsp3) is 0.656. The summed E-state index contributed by atoms with van der Waals surface area (Å²) in [6, 6.07) is -0.642. The topological polar surface area (TPSA) is 69.6 Å². The van der Waals surface area contributed by atoms with Crippen LogP contribution in [0.5, 0.6) is 0 Å². The first-order valence-electron chi connectivity index (χ1n) is 27.2. The zero-order valence-corrected chi connectivity index (χ0v) is 42.5. The average Bonchev–Trinajstić information content (AvgIpc) is 3.31. The molecule has 0 radical (unpaired) electrons. The number of hydrogen-bond acceptors (Lipinski definition) is 3. The van der Waals surface area contributed by atoms with Crippen LogP contribution in [-0.4, -0.2) is 34.9 Å². The molecule has 0 saturated carbocycles. The van der Waals surface area contributed by atoms with Crippen LogP contribution in [0.1, 0.15) is 239 Å². The molecule has 1 amide bonds. The minimum absolute atomic E-state index is 0.0867. The van der Waals surface area contributed by atoms with E-state index in [2.05, 4.69) is 129 Å². The monoisotopic (exact) mass is 898 g/mol. The molecule has 0 fully saturated rings. The van der Waals surface area contributed by atoms with E-state index in [4.69, 9.17) is 0 Å². The van der Waals surface area contributed by atoms with E-state index < -0.39 is 12.1 Å². The number of aliphatic hydroxyl groups is 2. The zero-order valence-electron chi connectivity index (χ0n) is 42.5. The van der Waals surface area contributed by atoms with Crippen molar-refractivity contribution in [3.8, 4) is 0 Å². The number of hydrogen-bond donors (Lipinski definition) is 3. The maximum Gasteiger partial charge on any atom is 0.220 e. The Hall–Kier alpha value is -3.21. The molecule has 370 valence electrons. The molecule has 0 aromatic carbocycles. The Kier molecular flexibility index (Phi) is 52.4.